The van der Waals surface area contributed by atoms with Crippen molar-refractivity contribution in [2.45, 2.75) is 26.4 Å². The highest BCUT2D eigenvalue weighted by molar-refractivity contribution is 14.0. The van der Waals surface area contributed by atoms with E-state index in [2.05, 4.69) is 26.7 Å². The van der Waals surface area contributed by atoms with Crippen LogP contribution in [0.15, 0.2) is 47.6 Å². The maximum atomic E-state index is 5.94. The molecular weight excluding hydrogens is 455 g/mol. The molecule has 2 aromatic rings. The number of pyridine rings is 1. The Bertz CT molecular complexity index is 707. The first-order valence-electron chi connectivity index (χ1n) is 8.78. The average molecular weight is 484 g/mol. The summed E-state index contributed by atoms with van der Waals surface area (Å²) in [5, 5.41) is 6.58. The van der Waals surface area contributed by atoms with Crippen molar-refractivity contribution in [3.8, 4) is 11.5 Å². The monoisotopic (exact) mass is 484 g/mol. The normalized spacial score (nSPS) is 11.9. The molecule has 6 nitrogen and oxygen atoms in total. The van der Waals surface area contributed by atoms with Gasteiger partial charge in [0, 0.05) is 25.5 Å². The lowest BCUT2D eigenvalue weighted by molar-refractivity contribution is 0.213. The minimum absolute atomic E-state index is 0. The van der Waals surface area contributed by atoms with Crippen LogP contribution >= 0.6 is 24.0 Å². The van der Waals surface area contributed by atoms with Crippen LogP contribution in [0.25, 0.3) is 0 Å². The number of nitrogens with zero attached hydrogens (tertiary/aromatic N) is 2. The molecule has 0 fully saturated rings. The molecule has 148 valence electrons. The van der Waals surface area contributed by atoms with Crippen molar-refractivity contribution in [1.29, 1.82) is 0 Å². The molecule has 0 aliphatic heterocycles. The van der Waals surface area contributed by atoms with Crippen LogP contribution in [-0.2, 0) is 6.42 Å². The number of hydrogen-bond acceptors (Lipinski definition) is 4. The van der Waals surface area contributed by atoms with Gasteiger partial charge >= 0.3 is 0 Å². The molecule has 0 aliphatic rings. The van der Waals surface area contributed by atoms with Crippen molar-refractivity contribution in [1.82, 2.24) is 15.6 Å². The number of aromatic nitrogens is 1. The molecule has 7 heteroatoms. The number of aryl methyl sites for hydroxylation is 1. The molecule has 0 saturated heterocycles. The highest BCUT2D eigenvalue weighted by Crippen LogP contribution is 2.26. The molecule has 1 atom stereocenters. The van der Waals surface area contributed by atoms with Crippen LogP contribution in [0.4, 0.5) is 0 Å². The summed E-state index contributed by atoms with van der Waals surface area (Å²) < 4.78 is 11.2. The van der Waals surface area contributed by atoms with Crippen LogP contribution in [0.2, 0.25) is 0 Å². The molecule has 27 heavy (non-hydrogen) atoms. The predicted octanol–water partition coefficient (Wildman–Crippen LogP) is 3.19. The van der Waals surface area contributed by atoms with Crippen molar-refractivity contribution in [2.24, 2.45) is 4.99 Å². The SMILES string of the molecule is CN=C(NCCc1ccc(C)nc1)NCC(C)Oc1ccccc1OC.I. The van der Waals surface area contributed by atoms with E-state index < -0.39 is 0 Å². The number of rotatable bonds is 8. The zero-order valence-electron chi connectivity index (χ0n) is 16.4. The average Bonchev–Trinajstić information content (AvgIpc) is 2.66. The third-order valence-electron chi connectivity index (χ3n) is 3.86. The molecule has 0 bridgehead atoms. The van der Waals surface area contributed by atoms with E-state index in [1.54, 1.807) is 14.2 Å². The lowest BCUT2D eigenvalue weighted by Crippen LogP contribution is -2.42. The van der Waals surface area contributed by atoms with Gasteiger partial charge in [-0.05, 0) is 44.0 Å². The maximum Gasteiger partial charge on any atom is 0.191 e. The summed E-state index contributed by atoms with van der Waals surface area (Å²) in [5.74, 6) is 2.22. The highest BCUT2D eigenvalue weighted by Gasteiger charge is 2.09. The van der Waals surface area contributed by atoms with Gasteiger partial charge in [-0.3, -0.25) is 9.98 Å². The summed E-state index contributed by atoms with van der Waals surface area (Å²) in [4.78, 5) is 8.55. The Hall–Kier alpha value is -2.03. The van der Waals surface area contributed by atoms with Crippen LogP contribution < -0.4 is 20.1 Å². The van der Waals surface area contributed by atoms with Gasteiger partial charge < -0.3 is 20.1 Å². The second-order valence-corrected chi connectivity index (χ2v) is 6.02. The van der Waals surface area contributed by atoms with Crippen LogP contribution in [0.1, 0.15) is 18.2 Å². The van der Waals surface area contributed by atoms with Gasteiger partial charge in [0.2, 0.25) is 0 Å². The smallest absolute Gasteiger partial charge is 0.191 e. The lowest BCUT2D eigenvalue weighted by atomic mass is 10.2. The number of guanidine groups is 1. The standard InChI is InChI=1S/C20H28N4O2.HI/c1-15-9-10-17(14-23-15)11-12-22-20(21-3)24-13-16(2)26-19-8-6-5-7-18(19)25-4;/h5-10,14,16H,11-13H2,1-4H3,(H2,21,22,24);1H. The number of para-hydroxylation sites is 2. The van der Waals surface area contributed by atoms with Gasteiger partial charge in [0.1, 0.15) is 6.10 Å². The third kappa shape index (κ3) is 8.03. The Balaban J connectivity index is 0.00000364. The Morgan fingerprint density at radius 2 is 1.89 bits per heavy atom. The molecule has 0 saturated carbocycles. The van der Waals surface area contributed by atoms with Gasteiger partial charge in [-0.1, -0.05) is 18.2 Å². The number of halogens is 1. The quantitative estimate of drug-likeness (QED) is 0.342. The summed E-state index contributed by atoms with van der Waals surface area (Å²) in [6, 6.07) is 11.8. The Labute approximate surface area is 178 Å². The Morgan fingerprint density at radius 3 is 2.52 bits per heavy atom. The molecule has 0 spiro atoms. The minimum atomic E-state index is -0.0360. The molecule has 1 aromatic heterocycles. The van der Waals surface area contributed by atoms with E-state index in [0.717, 1.165) is 36.1 Å². The topological polar surface area (TPSA) is 67.8 Å². The van der Waals surface area contributed by atoms with Gasteiger partial charge in [-0.2, -0.15) is 0 Å². The summed E-state index contributed by atoms with van der Waals surface area (Å²) >= 11 is 0. The van der Waals surface area contributed by atoms with Crippen LogP contribution in [0, 0.1) is 6.92 Å². The molecule has 0 aliphatic carbocycles. The molecule has 1 aromatic carbocycles. The van der Waals surface area contributed by atoms with Crippen LogP contribution in [0.3, 0.4) is 0 Å². The van der Waals surface area contributed by atoms with E-state index in [-0.39, 0.29) is 30.1 Å². The minimum Gasteiger partial charge on any atom is -0.493 e. The summed E-state index contributed by atoms with van der Waals surface area (Å²) in [6.45, 7) is 5.41. The van der Waals surface area contributed by atoms with E-state index in [9.17, 15) is 0 Å². The molecule has 0 amide bonds. The van der Waals surface area contributed by atoms with Crippen molar-refractivity contribution in [3.05, 3.63) is 53.9 Å². The largest absolute Gasteiger partial charge is 0.493 e. The zero-order valence-corrected chi connectivity index (χ0v) is 18.7. The first-order valence-corrected chi connectivity index (χ1v) is 8.78. The van der Waals surface area contributed by atoms with Crippen LogP contribution in [-0.4, -0.2) is 44.3 Å². The fourth-order valence-corrected chi connectivity index (χ4v) is 2.41. The first kappa shape index (κ1) is 23.0. The van der Waals surface area contributed by atoms with Crippen LogP contribution in [0.5, 0.6) is 11.5 Å². The highest BCUT2D eigenvalue weighted by atomic mass is 127. The maximum absolute atomic E-state index is 5.94. The van der Waals surface area contributed by atoms with Gasteiger partial charge in [0.25, 0.3) is 0 Å². The lowest BCUT2D eigenvalue weighted by Gasteiger charge is -2.19. The van der Waals surface area contributed by atoms with Crippen molar-refractivity contribution in [2.75, 3.05) is 27.2 Å². The number of aliphatic imine (C=N–C) groups is 1. The fraction of sp³-hybridized carbons (Fsp3) is 0.400. The van der Waals surface area contributed by atoms with Gasteiger partial charge in [0.05, 0.1) is 13.7 Å². The third-order valence-corrected chi connectivity index (χ3v) is 3.86. The molecule has 1 heterocycles. The number of methoxy groups -OCH3 is 1. The second-order valence-electron chi connectivity index (χ2n) is 6.02. The molecule has 2 N–H and O–H groups in total. The van der Waals surface area contributed by atoms with E-state index in [0.29, 0.717) is 6.54 Å². The van der Waals surface area contributed by atoms with Crippen molar-refractivity contribution < 1.29 is 9.47 Å². The molecule has 0 radical (unpaired) electrons. The van der Waals surface area contributed by atoms with Gasteiger partial charge in [-0.15, -0.1) is 24.0 Å². The molecule has 1 unspecified atom stereocenters. The zero-order chi connectivity index (χ0) is 18.8. The second kappa shape index (κ2) is 12.4. The van der Waals surface area contributed by atoms with E-state index in [4.69, 9.17) is 9.47 Å². The summed E-state index contributed by atoms with van der Waals surface area (Å²) in [5.41, 5.74) is 2.23. The Kier molecular flexibility index (Phi) is 10.5. The van der Waals surface area contributed by atoms with E-state index in [1.807, 2.05) is 50.4 Å². The van der Waals surface area contributed by atoms with Gasteiger partial charge in [0.15, 0.2) is 17.5 Å². The fourth-order valence-electron chi connectivity index (χ4n) is 2.41. The first-order chi connectivity index (χ1) is 12.6. The number of benzene rings is 1. The summed E-state index contributed by atoms with van der Waals surface area (Å²) in [7, 11) is 3.40. The Morgan fingerprint density at radius 1 is 1.15 bits per heavy atom. The summed E-state index contributed by atoms with van der Waals surface area (Å²) in [6.07, 6.45) is 2.77. The molecular formula is C20H29IN4O2. The number of hydrogen-bond donors (Lipinski definition) is 2. The number of nitrogens with one attached hydrogen (secondary N) is 2. The van der Waals surface area contributed by atoms with Gasteiger partial charge in [-0.25, -0.2) is 0 Å². The van der Waals surface area contributed by atoms with Crippen molar-refractivity contribution in [3.63, 3.8) is 0 Å². The number of ether oxygens (including phenoxy) is 2. The van der Waals surface area contributed by atoms with E-state index >= 15 is 0 Å². The van der Waals surface area contributed by atoms with Crippen molar-refractivity contribution >= 4 is 29.9 Å². The van der Waals surface area contributed by atoms with E-state index in [1.165, 1.54) is 5.56 Å². The molecule has 2 rings (SSSR count). The predicted molar refractivity (Wildman–Crippen MR) is 121 cm³/mol.